The summed E-state index contributed by atoms with van der Waals surface area (Å²) in [6, 6.07) is 30.3. The van der Waals surface area contributed by atoms with Crippen LogP contribution in [-0.2, 0) is 16.2 Å². The summed E-state index contributed by atoms with van der Waals surface area (Å²) >= 11 is 0. The van der Waals surface area contributed by atoms with Crippen molar-refractivity contribution in [3.8, 4) is 23.0 Å². The van der Waals surface area contributed by atoms with Gasteiger partial charge in [0.25, 0.3) is 0 Å². The molecule has 0 atom stereocenters. The first-order valence-corrected chi connectivity index (χ1v) is 16.0. The molecule has 0 bridgehead atoms. The van der Waals surface area contributed by atoms with Gasteiger partial charge in [0.2, 0.25) is 0 Å². The summed E-state index contributed by atoms with van der Waals surface area (Å²) in [6.45, 7) is 12.8. The van der Waals surface area contributed by atoms with Crippen molar-refractivity contribution in [1.82, 2.24) is 0 Å². The zero-order valence-corrected chi connectivity index (χ0v) is 27.7. The van der Waals surface area contributed by atoms with Gasteiger partial charge in [-0.1, -0.05) is 109 Å². The van der Waals surface area contributed by atoms with Crippen LogP contribution in [0.2, 0.25) is 0 Å². The molecule has 0 amide bonds. The molecule has 4 aromatic carbocycles. The summed E-state index contributed by atoms with van der Waals surface area (Å²) in [4.78, 5) is 25.0. The molecule has 1 fully saturated rings. The van der Waals surface area contributed by atoms with Gasteiger partial charge in [0, 0.05) is 5.41 Å². The van der Waals surface area contributed by atoms with E-state index in [0.29, 0.717) is 23.0 Å². The SMILES string of the molecule is CC(C)(C)c1ccc(OC(=O)Oc2ccc(C3(c4ccc(OC(=O)Oc5ccc(C(C)(C)C)cc5)cc4)CCCCC3)cc2)cc1. The molecule has 0 N–H and O–H groups in total. The predicted molar refractivity (Wildman–Crippen MR) is 180 cm³/mol. The number of ether oxygens (including phenoxy) is 4. The van der Waals surface area contributed by atoms with Crippen LogP contribution in [0.1, 0.15) is 95.9 Å². The van der Waals surface area contributed by atoms with Crippen LogP contribution in [0.5, 0.6) is 23.0 Å². The number of hydrogen-bond donors (Lipinski definition) is 0. The van der Waals surface area contributed by atoms with E-state index in [1.165, 1.54) is 6.42 Å². The van der Waals surface area contributed by atoms with Crippen molar-refractivity contribution in [2.75, 3.05) is 0 Å². The second-order valence-electron chi connectivity index (χ2n) is 14.1. The fourth-order valence-corrected chi connectivity index (χ4v) is 6.06. The molecule has 0 saturated heterocycles. The van der Waals surface area contributed by atoms with Gasteiger partial charge >= 0.3 is 12.3 Å². The van der Waals surface area contributed by atoms with Crippen LogP contribution in [0.4, 0.5) is 9.59 Å². The highest BCUT2D eigenvalue weighted by atomic mass is 16.7. The third-order valence-corrected chi connectivity index (χ3v) is 8.77. The Bertz CT molecular complexity index is 1500. The van der Waals surface area contributed by atoms with Crippen LogP contribution in [0.3, 0.4) is 0 Å². The molecule has 1 aliphatic rings. The van der Waals surface area contributed by atoms with E-state index in [-0.39, 0.29) is 16.2 Å². The third kappa shape index (κ3) is 7.97. The van der Waals surface area contributed by atoms with E-state index in [0.717, 1.165) is 47.9 Å². The predicted octanol–water partition coefficient (Wildman–Crippen LogP) is 10.7. The van der Waals surface area contributed by atoms with Crippen LogP contribution < -0.4 is 18.9 Å². The van der Waals surface area contributed by atoms with Crippen LogP contribution in [0, 0.1) is 0 Å². The minimum Gasteiger partial charge on any atom is -0.395 e. The first-order chi connectivity index (χ1) is 21.8. The first-order valence-electron chi connectivity index (χ1n) is 16.0. The monoisotopic (exact) mass is 620 g/mol. The van der Waals surface area contributed by atoms with Crippen LogP contribution >= 0.6 is 0 Å². The van der Waals surface area contributed by atoms with Gasteiger partial charge in [-0.05, 0) is 94.5 Å². The van der Waals surface area contributed by atoms with Crippen molar-refractivity contribution in [1.29, 1.82) is 0 Å². The Labute approximate surface area is 272 Å². The van der Waals surface area contributed by atoms with E-state index in [4.69, 9.17) is 18.9 Å². The molecule has 0 radical (unpaired) electrons. The summed E-state index contributed by atoms with van der Waals surface area (Å²) < 4.78 is 21.8. The van der Waals surface area contributed by atoms with Crippen molar-refractivity contribution in [2.24, 2.45) is 0 Å². The first kappa shape index (κ1) is 32.8. The molecule has 46 heavy (non-hydrogen) atoms. The quantitative estimate of drug-likeness (QED) is 0.158. The van der Waals surface area contributed by atoms with Crippen molar-refractivity contribution in [3.05, 3.63) is 119 Å². The van der Waals surface area contributed by atoms with Crippen molar-refractivity contribution >= 4 is 12.3 Å². The van der Waals surface area contributed by atoms with E-state index in [1.807, 2.05) is 72.8 Å². The molecule has 0 heterocycles. The van der Waals surface area contributed by atoms with E-state index in [1.54, 1.807) is 24.3 Å². The van der Waals surface area contributed by atoms with Gasteiger partial charge in [-0.25, -0.2) is 9.59 Å². The van der Waals surface area contributed by atoms with Gasteiger partial charge in [0.15, 0.2) is 0 Å². The maximum atomic E-state index is 12.5. The van der Waals surface area contributed by atoms with Gasteiger partial charge in [0.1, 0.15) is 23.0 Å². The van der Waals surface area contributed by atoms with Gasteiger partial charge < -0.3 is 18.9 Å². The highest BCUT2D eigenvalue weighted by Crippen LogP contribution is 2.45. The van der Waals surface area contributed by atoms with Crippen molar-refractivity contribution in [3.63, 3.8) is 0 Å². The second kappa shape index (κ2) is 13.4. The van der Waals surface area contributed by atoms with E-state index < -0.39 is 12.3 Å². The summed E-state index contributed by atoms with van der Waals surface area (Å²) in [5.74, 6) is 1.71. The summed E-state index contributed by atoms with van der Waals surface area (Å²) in [5, 5.41) is 0. The zero-order chi connectivity index (χ0) is 33.0. The Hall–Kier alpha value is -4.58. The molecule has 4 aromatic rings. The summed E-state index contributed by atoms with van der Waals surface area (Å²) in [7, 11) is 0. The lowest BCUT2D eigenvalue weighted by Crippen LogP contribution is -2.30. The Morgan fingerprint density at radius 1 is 0.457 bits per heavy atom. The molecule has 5 rings (SSSR count). The minimum atomic E-state index is -0.778. The molecule has 1 saturated carbocycles. The summed E-state index contributed by atoms with van der Waals surface area (Å²) in [6.07, 6.45) is 3.84. The average molecular weight is 621 g/mol. The zero-order valence-electron chi connectivity index (χ0n) is 27.7. The Morgan fingerprint density at radius 3 is 1.02 bits per heavy atom. The Balaban J connectivity index is 1.23. The normalized spacial score (nSPS) is 14.7. The number of hydrogen-bond acceptors (Lipinski definition) is 6. The van der Waals surface area contributed by atoms with Crippen LogP contribution in [-0.4, -0.2) is 12.3 Å². The lowest BCUT2D eigenvalue weighted by Gasteiger charge is -2.38. The standard InChI is InChI=1S/C40H44O6/c1-38(2,3)28-10-18-32(19-11-28)43-36(41)45-34-22-14-30(15-23-34)40(26-8-7-9-27-40)31-16-24-35(25-17-31)46-37(42)44-33-20-12-29(13-21-33)39(4,5)6/h10-25H,7-9,26-27H2,1-6H3. The van der Waals surface area contributed by atoms with Crippen molar-refractivity contribution < 1.29 is 28.5 Å². The molecule has 0 aromatic heterocycles. The Morgan fingerprint density at radius 2 is 0.739 bits per heavy atom. The maximum absolute atomic E-state index is 12.5. The molecule has 1 aliphatic carbocycles. The molecule has 0 unspecified atom stereocenters. The Kier molecular flexibility index (Phi) is 9.57. The molecular formula is C40H44O6. The highest BCUT2D eigenvalue weighted by Gasteiger charge is 2.36. The summed E-state index contributed by atoms with van der Waals surface area (Å²) in [5.41, 5.74) is 4.45. The minimum absolute atomic E-state index is 0.0139. The van der Waals surface area contributed by atoms with E-state index in [2.05, 4.69) is 41.5 Å². The van der Waals surface area contributed by atoms with E-state index >= 15 is 0 Å². The number of carbonyl (C=O) groups excluding carboxylic acids is 2. The number of benzene rings is 4. The largest absolute Gasteiger partial charge is 0.519 e. The number of rotatable bonds is 6. The van der Waals surface area contributed by atoms with Crippen LogP contribution in [0.15, 0.2) is 97.1 Å². The number of carbonyl (C=O) groups is 2. The lowest BCUT2D eigenvalue weighted by atomic mass is 9.65. The van der Waals surface area contributed by atoms with Gasteiger partial charge in [0.05, 0.1) is 0 Å². The molecule has 0 spiro atoms. The van der Waals surface area contributed by atoms with Gasteiger partial charge in [-0.2, -0.15) is 0 Å². The second-order valence-corrected chi connectivity index (χ2v) is 14.1. The average Bonchev–Trinajstić information content (AvgIpc) is 3.02. The van der Waals surface area contributed by atoms with Gasteiger partial charge in [-0.15, -0.1) is 0 Å². The molecule has 6 nitrogen and oxygen atoms in total. The van der Waals surface area contributed by atoms with Crippen molar-refractivity contribution in [2.45, 2.75) is 89.9 Å². The third-order valence-electron chi connectivity index (χ3n) is 8.77. The van der Waals surface area contributed by atoms with E-state index in [9.17, 15) is 9.59 Å². The molecule has 0 aliphatic heterocycles. The van der Waals surface area contributed by atoms with Gasteiger partial charge in [-0.3, -0.25) is 0 Å². The topological polar surface area (TPSA) is 71.1 Å². The van der Waals surface area contributed by atoms with Crippen LogP contribution in [0.25, 0.3) is 0 Å². The molecule has 240 valence electrons. The smallest absolute Gasteiger partial charge is 0.395 e. The molecule has 6 heteroatoms. The maximum Gasteiger partial charge on any atom is 0.519 e. The lowest BCUT2D eigenvalue weighted by molar-refractivity contribution is 0.150. The molecular weight excluding hydrogens is 576 g/mol. The fraction of sp³-hybridized carbons (Fsp3) is 0.350. The fourth-order valence-electron chi connectivity index (χ4n) is 6.06. The highest BCUT2D eigenvalue weighted by molar-refractivity contribution is 5.68.